The van der Waals surface area contributed by atoms with Gasteiger partial charge < -0.3 is 4.90 Å². The van der Waals surface area contributed by atoms with Gasteiger partial charge >= 0.3 is 0 Å². The number of carbonyl (C=O) groups excluding carboxylic acids is 1. The predicted molar refractivity (Wildman–Crippen MR) is 113 cm³/mol. The fourth-order valence-corrected chi connectivity index (χ4v) is 4.99. The van der Waals surface area contributed by atoms with E-state index in [1.165, 1.54) is 25.7 Å². The van der Waals surface area contributed by atoms with Crippen molar-refractivity contribution in [2.75, 3.05) is 6.54 Å². The molecule has 2 aliphatic rings. The van der Waals surface area contributed by atoms with Crippen molar-refractivity contribution < 1.29 is 4.79 Å². The van der Waals surface area contributed by atoms with Crippen LogP contribution in [0.15, 0.2) is 61.1 Å². The normalized spacial score (nSPS) is 21.6. The molecule has 3 aromatic rings. The van der Waals surface area contributed by atoms with E-state index < -0.39 is 0 Å². The lowest BCUT2D eigenvalue weighted by molar-refractivity contribution is 0.0391. The van der Waals surface area contributed by atoms with Crippen molar-refractivity contribution in [2.45, 2.75) is 44.6 Å². The minimum atomic E-state index is 0.114. The number of carbonyl (C=O) groups is 1. The molecule has 5 heteroatoms. The van der Waals surface area contributed by atoms with Crippen molar-refractivity contribution in [3.8, 4) is 16.9 Å². The van der Waals surface area contributed by atoms with Crippen molar-refractivity contribution in [3.63, 3.8) is 0 Å². The van der Waals surface area contributed by atoms with Crippen molar-refractivity contribution in [3.05, 3.63) is 66.6 Å². The molecule has 0 bridgehead atoms. The molecular weight excluding hydrogens is 360 g/mol. The van der Waals surface area contributed by atoms with Crippen molar-refractivity contribution in [1.82, 2.24) is 19.7 Å². The second kappa shape index (κ2) is 7.82. The molecule has 2 atom stereocenters. The van der Waals surface area contributed by atoms with Crippen LogP contribution in [0.3, 0.4) is 0 Å². The third-order valence-electron chi connectivity index (χ3n) is 6.40. The fraction of sp³-hybridized carbons (Fsp3) is 0.375. The third kappa shape index (κ3) is 3.46. The highest BCUT2D eigenvalue weighted by atomic mass is 16.2. The van der Waals surface area contributed by atoms with E-state index in [0.717, 1.165) is 30.6 Å². The molecule has 1 aliphatic heterocycles. The van der Waals surface area contributed by atoms with Crippen LogP contribution in [0.25, 0.3) is 16.9 Å². The van der Waals surface area contributed by atoms with E-state index in [9.17, 15) is 4.79 Å². The maximum absolute atomic E-state index is 13.7. The number of para-hydroxylation sites is 1. The highest BCUT2D eigenvalue weighted by Gasteiger charge is 2.37. The van der Waals surface area contributed by atoms with E-state index in [1.54, 1.807) is 12.4 Å². The Bertz CT molecular complexity index is 981. The van der Waals surface area contributed by atoms with Gasteiger partial charge in [-0.25, -0.2) is 4.68 Å². The molecule has 1 saturated heterocycles. The molecule has 148 valence electrons. The quantitative estimate of drug-likeness (QED) is 0.654. The first-order valence-electron chi connectivity index (χ1n) is 10.7. The molecule has 0 radical (unpaired) electrons. The number of piperidine rings is 1. The Balaban J connectivity index is 1.56. The fourth-order valence-electron chi connectivity index (χ4n) is 4.99. The number of hydrogen-bond acceptors (Lipinski definition) is 3. The maximum atomic E-state index is 13.7. The van der Waals surface area contributed by atoms with E-state index in [-0.39, 0.29) is 5.91 Å². The summed E-state index contributed by atoms with van der Waals surface area (Å²) in [6.07, 6.45) is 12.7. The number of pyridine rings is 1. The monoisotopic (exact) mass is 386 g/mol. The molecule has 0 spiro atoms. The van der Waals surface area contributed by atoms with E-state index >= 15 is 0 Å². The second-order valence-electron chi connectivity index (χ2n) is 8.17. The van der Waals surface area contributed by atoms with Crippen molar-refractivity contribution in [2.24, 2.45) is 5.92 Å². The Labute approximate surface area is 171 Å². The van der Waals surface area contributed by atoms with Crippen LogP contribution in [0.2, 0.25) is 0 Å². The second-order valence-corrected chi connectivity index (χ2v) is 8.17. The molecule has 1 amide bonds. The Morgan fingerprint density at radius 3 is 2.62 bits per heavy atom. The minimum Gasteiger partial charge on any atom is -0.335 e. The zero-order valence-electron chi connectivity index (χ0n) is 16.6. The van der Waals surface area contributed by atoms with E-state index in [4.69, 9.17) is 5.10 Å². The molecule has 2 aromatic heterocycles. The summed E-state index contributed by atoms with van der Waals surface area (Å²) in [4.78, 5) is 20.1. The number of aromatic nitrogens is 3. The predicted octanol–water partition coefficient (Wildman–Crippen LogP) is 4.73. The van der Waals surface area contributed by atoms with Gasteiger partial charge in [-0.3, -0.25) is 9.78 Å². The van der Waals surface area contributed by atoms with Gasteiger partial charge in [-0.15, -0.1) is 0 Å². The molecule has 1 saturated carbocycles. The molecule has 0 unspecified atom stereocenters. The van der Waals surface area contributed by atoms with Gasteiger partial charge in [0.2, 0.25) is 0 Å². The maximum Gasteiger partial charge on any atom is 0.257 e. The average Bonchev–Trinajstić information content (AvgIpc) is 3.25. The van der Waals surface area contributed by atoms with Crippen LogP contribution in [0.4, 0.5) is 0 Å². The molecule has 5 rings (SSSR count). The van der Waals surface area contributed by atoms with Gasteiger partial charge in [0.1, 0.15) is 5.69 Å². The van der Waals surface area contributed by atoms with Gasteiger partial charge in [0.15, 0.2) is 0 Å². The summed E-state index contributed by atoms with van der Waals surface area (Å²) in [6, 6.07) is 14.2. The Kier molecular flexibility index (Phi) is 4.88. The first-order valence-corrected chi connectivity index (χ1v) is 10.7. The summed E-state index contributed by atoms with van der Waals surface area (Å²) in [5.74, 6) is 0.773. The number of rotatable bonds is 3. The van der Waals surface area contributed by atoms with Crippen LogP contribution in [-0.4, -0.2) is 38.2 Å². The minimum absolute atomic E-state index is 0.114. The van der Waals surface area contributed by atoms with Crippen LogP contribution in [0.5, 0.6) is 0 Å². The zero-order valence-corrected chi connectivity index (χ0v) is 16.6. The smallest absolute Gasteiger partial charge is 0.257 e. The number of likely N-dealkylation sites (tertiary alicyclic amines) is 1. The number of fused-ring (bicyclic) bond motifs is 1. The summed E-state index contributed by atoms with van der Waals surface area (Å²) in [5.41, 5.74) is 3.21. The summed E-state index contributed by atoms with van der Waals surface area (Å²) < 4.78 is 1.82. The van der Waals surface area contributed by atoms with Gasteiger partial charge in [0, 0.05) is 36.7 Å². The highest BCUT2D eigenvalue weighted by molar-refractivity contribution is 6.00. The molecule has 1 aromatic carbocycles. The average molecular weight is 386 g/mol. The van der Waals surface area contributed by atoms with Gasteiger partial charge in [-0.2, -0.15) is 5.10 Å². The summed E-state index contributed by atoms with van der Waals surface area (Å²) in [6.45, 7) is 0.850. The van der Waals surface area contributed by atoms with Gasteiger partial charge in [0.25, 0.3) is 5.91 Å². The molecule has 5 nitrogen and oxygen atoms in total. The number of benzene rings is 1. The van der Waals surface area contributed by atoms with E-state index in [1.807, 2.05) is 53.3 Å². The molecule has 0 N–H and O–H groups in total. The van der Waals surface area contributed by atoms with Gasteiger partial charge in [-0.05, 0) is 55.9 Å². The summed E-state index contributed by atoms with van der Waals surface area (Å²) in [5, 5.41) is 4.80. The zero-order chi connectivity index (χ0) is 19.6. The van der Waals surface area contributed by atoms with Crippen LogP contribution in [-0.2, 0) is 0 Å². The van der Waals surface area contributed by atoms with E-state index in [0.29, 0.717) is 23.2 Å². The largest absolute Gasteiger partial charge is 0.335 e. The number of amides is 1. The highest BCUT2D eigenvalue weighted by Crippen LogP contribution is 2.37. The topological polar surface area (TPSA) is 51.0 Å². The van der Waals surface area contributed by atoms with Crippen LogP contribution in [0, 0.1) is 5.92 Å². The van der Waals surface area contributed by atoms with Gasteiger partial charge in [-0.1, -0.05) is 31.0 Å². The van der Waals surface area contributed by atoms with E-state index in [2.05, 4.69) is 9.88 Å². The van der Waals surface area contributed by atoms with Crippen molar-refractivity contribution in [1.29, 1.82) is 0 Å². The van der Waals surface area contributed by atoms with Crippen LogP contribution >= 0.6 is 0 Å². The third-order valence-corrected chi connectivity index (χ3v) is 6.40. The summed E-state index contributed by atoms with van der Waals surface area (Å²) in [7, 11) is 0. The molecular formula is C24H26N4O. The number of hydrogen-bond donors (Lipinski definition) is 0. The molecule has 2 fully saturated rings. The Hall–Kier alpha value is -2.95. The Morgan fingerprint density at radius 1 is 0.966 bits per heavy atom. The molecule has 29 heavy (non-hydrogen) atoms. The van der Waals surface area contributed by atoms with Crippen LogP contribution < -0.4 is 0 Å². The SMILES string of the molecule is O=C(c1cn(-c2ccccc2)nc1-c1cccnc1)N1CCC[C@H]2CCCC[C@@H]21. The Morgan fingerprint density at radius 2 is 1.79 bits per heavy atom. The van der Waals surface area contributed by atoms with Gasteiger partial charge in [0.05, 0.1) is 11.3 Å². The molecule has 3 heterocycles. The van der Waals surface area contributed by atoms with Crippen molar-refractivity contribution >= 4 is 5.91 Å². The lowest BCUT2D eigenvalue weighted by Crippen LogP contribution is -2.49. The first-order chi connectivity index (χ1) is 14.3. The number of nitrogens with zero attached hydrogens (tertiary/aromatic N) is 4. The first kappa shape index (κ1) is 18.1. The standard InChI is InChI=1S/C24H26N4O/c29-24(27-15-7-10-18-8-4-5-13-22(18)27)21-17-28(20-11-2-1-3-12-20)26-23(21)19-9-6-14-25-16-19/h1-3,6,9,11-12,14,16-18,22H,4-5,7-8,10,13,15H2/t18-,22+/m1/s1. The molecule has 1 aliphatic carbocycles. The lowest BCUT2D eigenvalue weighted by atomic mass is 9.78. The lowest BCUT2D eigenvalue weighted by Gasteiger charge is -2.44. The summed E-state index contributed by atoms with van der Waals surface area (Å²) >= 11 is 0. The van der Waals surface area contributed by atoms with Crippen LogP contribution in [0.1, 0.15) is 48.9 Å².